The zero-order valence-corrected chi connectivity index (χ0v) is 13.5. The number of halogens is 1. The van der Waals surface area contributed by atoms with Crippen LogP contribution in [0.5, 0.6) is 0 Å². The average molecular weight is 347 g/mol. The molecule has 2 aromatic carbocycles. The number of hydrogen-bond acceptors (Lipinski definition) is 3. The second kappa shape index (κ2) is 6.64. The fourth-order valence-corrected chi connectivity index (χ4v) is 2.63. The van der Waals surface area contributed by atoms with Crippen molar-refractivity contribution in [1.29, 1.82) is 0 Å². The standard InChI is InChI=1S/C19H14FN5O/c20-14-7-5-12(6-8-14)17-9-18(24-23-17)19(26)25-22-11-13-10-21-16-4-2-1-3-15(13)16/h1-11,21H,(H,23,24)(H,25,26)/b22-11+. The SMILES string of the molecule is O=C(N/N=C/c1c[nH]c2ccccc12)c1cc(-c2ccc(F)cc2)n[nH]1. The first-order chi connectivity index (χ1) is 12.7. The van der Waals surface area contributed by atoms with Gasteiger partial charge in [-0.3, -0.25) is 9.89 Å². The van der Waals surface area contributed by atoms with Crippen molar-refractivity contribution in [2.24, 2.45) is 5.10 Å². The predicted molar refractivity (Wildman–Crippen MR) is 97.3 cm³/mol. The molecule has 0 bridgehead atoms. The number of amides is 1. The van der Waals surface area contributed by atoms with Crippen molar-refractivity contribution in [3.05, 3.63) is 77.9 Å². The van der Waals surface area contributed by atoms with E-state index in [9.17, 15) is 9.18 Å². The number of H-pyrrole nitrogens is 2. The second-order valence-corrected chi connectivity index (χ2v) is 5.66. The molecular weight excluding hydrogens is 333 g/mol. The molecule has 0 spiro atoms. The van der Waals surface area contributed by atoms with Crippen LogP contribution in [0.25, 0.3) is 22.2 Å². The van der Waals surface area contributed by atoms with Crippen LogP contribution in [-0.4, -0.2) is 27.3 Å². The summed E-state index contributed by atoms with van der Waals surface area (Å²) in [6.45, 7) is 0. The third kappa shape index (κ3) is 3.10. The van der Waals surface area contributed by atoms with Gasteiger partial charge in [0.05, 0.1) is 11.9 Å². The van der Waals surface area contributed by atoms with E-state index in [4.69, 9.17) is 0 Å². The molecule has 128 valence electrons. The molecule has 6 nitrogen and oxygen atoms in total. The number of fused-ring (bicyclic) bond motifs is 1. The highest BCUT2D eigenvalue weighted by Gasteiger charge is 2.10. The lowest BCUT2D eigenvalue weighted by Crippen LogP contribution is -2.17. The molecular formula is C19H14FN5O. The van der Waals surface area contributed by atoms with Crippen LogP contribution in [0.3, 0.4) is 0 Å². The van der Waals surface area contributed by atoms with Crippen molar-refractivity contribution in [3.8, 4) is 11.3 Å². The Morgan fingerprint density at radius 1 is 1.15 bits per heavy atom. The Labute approximate surface area is 147 Å². The van der Waals surface area contributed by atoms with Gasteiger partial charge in [0.2, 0.25) is 0 Å². The second-order valence-electron chi connectivity index (χ2n) is 5.66. The first kappa shape index (κ1) is 15.8. The molecule has 2 aromatic heterocycles. The Bertz CT molecular complexity index is 1090. The monoisotopic (exact) mass is 347 g/mol. The summed E-state index contributed by atoms with van der Waals surface area (Å²) in [5, 5.41) is 11.7. The summed E-state index contributed by atoms with van der Waals surface area (Å²) in [7, 11) is 0. The van der Waals surface area contributed by atoms with Crippen LogP contribution in [0, 0.1) is 5.82 Å². The Morgan fingerprint density at radius 3 is 2.81 bits per heavy atom. The molecule has 26 heavy (non-hydrogen) atoms. The predicted octanol–water partition coefficient (Wildman–Crippen LogP) is 3.46. The molecule has 0 aliphatic heterocycles. The van der Waals surface area contributed by atoms with E-state index in [-0.39, 0.29) is 11.5 Å². The third-order valence-electron chi connectivity index (χ3n) is 3.95. The fourth-order valence-electron chi connectivity index (χ4n) is 2.63. The van der Waals surface area contributed by atoms with E-state index in [1.807, 2.05) is 30.5 Å². The van der Waals surface area contributed by atoms with Gasteiger partial charge in [-0.15, -0.1) is 0 Å². The van der Waals surface area contributed by atoms with Gasteiger partial charge in [0.25, 0.3) is 5.91 Å². The number of nitrogens with zero attached hydrogens (tertiary/aromatic N) is 2. The minimum Gasteiger partial charge on any atom is -0.361 e. The third-order valence-corrected chi connectivity index (χ3v) is 3.95. The van der Waals surface area contributed by atoms with Gasteiger partial charge < -0.3 is 4.98 Å². The molecule has 0 atom stereocenters. The van der Waals surface area contributed by atoms with Crippen LogP contribution >= 0.6 is 0 Å². The van der Waals surface area contributed by atoms with Crippen molar-refractivity contribution in [1.82, 2.24) is 20.6 Å². The van der Waals surface area contributed by atoms with Crippen LogP contribution < -0.4 is 5.43 Å². The molecule has 0 aliphatic carbocycles. The van der Waals surface area contributed by atoms with E-state index in [2.05, 4.69) is 25.7 Å². The summed E-state index contributed by atoms with van der Waals surface area (Å²) < 4.78 is 13.0. The van der Waals surface area contributed by atoms with Crippen molar-refractivity contribution < 1.29 is 9.18 Å². The smallest absolute Gasteiger partial charge is 0.289 e. The molecule has 0 aliphatic rings. The normalized spacial score (nSPS) is 11.3. The van der Waals surface area contributed by atoms with Gasteiger partial charge >= 0.3 is 0 Å². The zero-order chi connectivity index (χ0) is 17.9. The maximum atomic E-state index is 13.0. The molecule has 0 unspecified atom stereocenters. The van der Waals surface area contributed by atoms with E-state index in [1.54, 1.807) is 24.4 Å². The van der Waals surface area contributed by atoms with Gasteiger partial charge in [-0.2, -0.15) is 10.2 Å². The average Bonchev–Trinajstić information content (AvgIpc) is 3.30. The van der Waals surface area contributed by atoms with Crippen LogP contribution in [0.15, 0.2) is 65.9 Å². The first-order valence-corrected chi connectivity index (χ1v) is 7.91. The molecule has 3 N–H and O–H groups in total. The highest BCUT2D eigenvalue weighted by molar-refractivity contribution is 6.00. The zero-order valence-electron chi connectivity index (χ0n) is 13.5. The Hall–Kier alpha value is -3.74. The molecule has 4 rings (SSSR count). The van der Waals surface area contributed by atoms with Crippen molar-refractivity contribution >= 4 is 23.0 Å². The van der Waals surface area contributed by atoms with Gasteiger partial charge in [0.15, 0.2) is 0 Å². The number of aromatic amines is 2. The Morgan fingerprint density at radius 2 is 1.96 bits per heavy atom. The van der Waals surface area contributed by atoms with Crippen molar-refractivity contribution in [2.75, 3.05) is 0 Å². The van der Waals surface area contributed by atoms with Crippen LogP contribution in [0.4, 0.5) is 4.39 Å². The number of para-hydroxylation sites is 1. The van der Waals surface area contributed by atoms with Gasteiger partial charge in [0.1, 0.15) is 11.5 Å². The highest BCUT2D eigenvalue weighted by Crippen LogP contribution is 2.18. The van der Waals surface area contributed by atoms with Gasteiger partial charge in [-0.05, 0) is 36.4 Å². The summed E-state index contributed by atoms with van der Waals surface area (Å²) >= 11 is 0. The maximum absolute atomic E-state index is 13.0. The molecule has 2 heterocycles. The lowest BCUT2D eigenvalue weighted by Gasteiger charge is -1.96. The van der Waals surface area contributed by atoms with Crippen LogP contribution in [0.1, 0.15) is 16.1 Å². The van der Waals surface area contributed by atoms with Crippen LogP contribution in [0.2, 0.25) is 0 Å². The van der Waals surface area contributed by atoms with E-state index in [0.29, 0.717) is 11.3 Å². The molecule has 0 fully saturated rings. The Balaban J connectivity index is 1.46. The number of carbonyl (C=O) groups is 1. The lowest BCUT2D eigenvalue weighted by molar-refractivity contribution is 0.0950. The largest absolute Gasteiger partial charge is 0.361 e. The molecule has 0 radical (unpaired) electrons. The first-order valence-electron chi connectivity index (χ1n) is 7.91. The van der Waals surface area contributed by atoms with E-state index in [1.165, 1.54) is 12.1 Å². The fraction of sp³-hybridized carbons (Fsp3) is 0. The summed E-state index contributed by atoms with van der Waals surface area (Å²) in [5.41, 5.74) is 5.86. The number of hydrazone groups is 1. The van der Waals surface area contributed by atoms with Gasteiger partial charge in [-0.1, -0.05) is 18.2 Å². The lowest BCUT2D eigenvalue weighted by atomic mass is 10.1. The minimum absolute atomic E-state index is 0.264. The quantitative estimate of drug-likeness (QED) is 0.390. The number of benzene rings is 2. The number of rotatable bonds is 4. The number of aromatic nitrogens is 3. The van der Waals surface area contributed by atoms with Crippen molar-refractivity contribution in [2.45, 2.75) is 0 Å². The van der Waals surface area contributed by atoms with E-state index in [0.717, 1.165) is 16.5 Å². The summed E-state index contributed by atoms with van der Waals surface area (Å²) in [5.74, 6) is -0.740. The summed E-state index contributed by atoms with van der Waals surface area (Å²) in [4.78, 5) is 15.3. The highest BCUT2D eigenvalue weighted by atomic mass is 19.1. The van der Waals surface area contributed by atoms with Gasteiger partial charge in [0, 0.05) is 28.2 Å². The Kier molecular flexibility index (Phi) is 4.03. The van der Waals surface area contributed by atoms with Crippen LogP contribution in [-0.2, 0) is 0 Å². The minimum atomic E-state index is -0.415. The topological polar surface area (TPSA) is 85.9 Å². The van der Waals surface area contributed by atoms with E-state index >= 15 is 0 Å². The molecule has 1 amide bonds. The number of nitrogens with one attached hydrogen (secondary N) is 3. The van der Waals surface area contributed by atoms with Gasteiger partial charge in [-0.25, -0.2) is 9.82 Å². The molecule has 0 saturated carbocycles. The maximum Gasteiger partial charge on any atom is 0.289 e. The summed E-state index contributed by atoms with van der Waals surface area (Å²) in [6.07, 6.45) is 3.40. The molecule has 0 saturated heterocycles. The molecule has 7 heteroatoms. The van der Waals surface area contributed by atoms with E-state index < -0.39 is 5.91 Å². The molecule has 4 aromatic rings. The summed E-state index contributed by atoms with van der Waals surface area (Å²) in [6, 6.07) is 15.3. The number of hydrogen-bond donors (Lipinski definition) is 3. The van der Waals surface area contributed by atoms with Crippen molar-refractivity contribution in [3.63, 3.8) is 0 Å². The number of carbonyl (C=O) groups excluding carboxylic acids is 1.